The van der Waals surface area contributed by atoms with E-state index >= 15 is 0 Å². The van der Waals surface area contributed by atoms with Gasteiger partial charge in [-0.05, 0) is 48.9 Å². The normalized spacial score (nSPS) is 17.6. The summed E-state index contributed by atoms with van der Waals surface area (Å²) in [5.74, 6) is -0.199. The van der Waals surface area contributed by atoms with Crippen molar-refractivity contribution in [2.24, 2.45) is 0 Å². The van der Waals surface area contributed by atoms with Crippen molar-refractivity contribution in [2.45, 2.75) is 19.5 Å². The Balaban J connectivity index is 1.90. The van der Waals surface area contributed by atoms with Gasteiger partial charge in [0.15, 0.2) is 0 Å². The molecule has 7 nitrogen and oxygen atoms in total. The zero-order chi connectivity index (χ0) is 22.8. The molecular formula is C25H23NO6. The minimum atomic E-state index is -0.809. The number of furan rings is 1. The average molecular weight is 433 g/mol. The number of aryl methyl sites for hydroxylation is 1. The van der Waals surface area contributed by atoms with E-state index in [9.17, 15) is 14.7 Å². The summed E-state index contributed by atoms with van der Waals surface area (Å²) in [5, 5.41) is 11.3. The number of benzene rings is 2. The molecule has 0 saturated carbocycles. The lowest BCUT2D eigenvalue weighted by molar-refractivity contribution is -0.140. The number of amides is 1. The van der Waals surface area contributed by atoms with Crippen molar-refractivity contribution >= 4 is 17.4 Å². The minimum absolute atomic E-state index is 0.00405. The van der Waals surface area contributed by atoms with Crippen LogP contribution in [0.5, 0.6) is 11.5 Å². The second kappa shape index (κ2) is 8.63. The molecule has 1 saturated heterocycles. The number of likely N-dealkylation sites (tertiary alicyclic amines) is 1. The Bertz CT molecular complexity index is 1180. The van der Waals surface area contributed by atoms with Crippen LogP contribution in [-0.4, -0.2) is 35.9 Å². The highest BCUT2D eigenvalue weighted by molar-refractivity contribution is 6.46. The van der Waals surface area contributed by atoms with Crippen LogP contribution in [0.2, 0.25) is 0 Å². The lowest BCUT2D eigenvalue weighted by atomic mass is 9.94. The van der Waals surface area contributed by atoms with Gasteiger partial charge in [0.1, 0.15) is 23.0 Å². The molecular weight excluding hydrogens is 410 g/mol. The smallest absolute Gasteiger partial charge is 0.296 e. The Hall–Kier alpha value is -4.00. The van der Waals surface area contributed by atoms with Crippen LogP contribution in [-0.2, 0) is 16.1 Å². The average Bonchev–Trinajstić information content (AvgIpc) is 3.41. The lowest BCUT2D eigenvalue weighted by Gasteiger charge is -2.25. The van der Waals surface area contributed by atoms with Crippen molar-refractivity contribution in [2.75, 3.05) is 14.2 Å². The highest BCUT2D eigenvalue weighted by Crippen LogP contribution is 2.42. The van der Waals surface area contributed by atoms with E-state index in [1.165, 1.54) is 18.3 Å². The standard InChI is InChI=1S/C25H23NO6/c1-15-6-11-20(31-3)19(13-15)23(27)21-22(16-7-9-17(30-2)10-8-16)26(25(29)24(21)28)14-18-5-4-12-32-18/h4-13,22,27H,14H2,1-3H3/b23-21+. The number of aliphatic hydroxyl groups is 1. The second-order valence-corrected chi connectivity index (χ2v) is 7.48. The Morgan fingerprint density at radius 1 is 1.06 bits per heavy atom. The summed E-state index contributed by atoms with van der Waals surface area (Å²) < 4.78 is 16.0. The molecule has 0 spiro atoms. The molecule has 7 heteroatoms. The third kappa shape index (κ3) is 3.73. The first-order chi connectivity index (χ1) is 15.4. The quantitative estimate of drug-likeness (QED) is 0.356. The molecule has 4 rings (SSSR count). The molecule has 1 atom stereocenters. The van der Waals surface area contributed by atoms with Gasteiger partial charge in [-0.15, -0.1) is 0 Å². The Labute approximate surface area is 185 Å². The van der Waals surface area contributed by atoms with E-state index in [0.717, 1.165) is 5.56 Å². The fraction of sp³-hybridized carbons (Fsp3) is 0.200. The number of nitrogens with zero attached hydrogens (tertiary/aromatic N) is 1. The zero-order valence-electron chi connectivity index (χ0n) is 18.0. The van der Waals surface area contributed by atoms with E-state index < -0.39 is 17.7 Å². The number of aliphatic hydroxyl groups excluding tert-OH is 1. The lowest BCUT2D eigenvalue weighted by Crippen LogP contribution is -2.29. The maximum Gasteiger partial charge on any atom is 0.296 e. The van der Waals surface area contributed by atoms with Crippen LogP contribution in [0.4, 0.5) is 0 Å². The largest absolute Gasteiger partial charge is 0.507 e. The molecule has 0 bridgehead atoms. The van der Waals surface area contributed by atoms with Gasteiger partial charge in [0.05, 0.1) is 44.2 Å². The summed E-state index contributed by atoms with van der Waals surface area (Å²) in [7, 11) is 3.04. The number of Topliss-reactive ketones (excluding diaryl/α,β-unsaturated/α-hetero) is 1. The number of carbonyl (C=O) groups excluding carboxylic acids is 2. The predicted octanol–water partition coefficient (Wildman–Crippen LogP) is 4.23. The summed E-state index contributed by atoms with van der Waals surface area (Å²) >= 11 is 0. The fourth-order valence-electron chi connectivity index (χ4n) is 3.90. The molecule has 1 aliphatic rings. The van der Waals surface area contributed by atoms with Crippen LogP contribution in [0, 0.1) is 6.92 Å². The van der Waals surface area contributed by atoms with Gasteiger partial charge in [-0.2, -0.15) is 0 Å². The van der Waals surface area contributed by atoms with Crippen molar-refractivity contribution < 1.29 is 28.6 Å². The summed E-state index contributed by atoms with van der Waals surface area (Å²) in [6, 6.07) is 14.9. The Morgan fingerprint density at radius 3 is 2.44 bits per heavy atom. The Kier molecular flexibility index (Phi) is 5.73. The van der Waals surface area contributed by atoms with E-state index in [0.29, 0.717) is 28.4 Å². The zero-order valence-corrected chi connectivity index (χ0v) is 18.0. The van der Waals surface area contributed by atoms with Gasteiger partial charge < -0.3 is 23.9 Å². The van der Waals surface area contributed by atoms with Crippen molar-refractivity contribution in [1.82, 2.24) is 4.90 Å². The van der Waals surface area contributed by atoms with E-state index in [4.69, 9.17) is 13.9 Å². The van der Waals surface area contributed by atoms with E-state index in [1.54, 1.807) is 55.6 Å². The van der Waals surface area contributed by atoms with Crippen LogP contribution in [0.1, 0.15) is 28.5 Å². The van der Waals surface area contributed by atoms with Gasteiger partial charge in [0.25, 0.3) is 11.7 Å². The summed E-state index contributed by atoms with van der Waals surface area (Å²) in [5.41, 5.74) is 1.88. The van der Waals surface area contributed by atoms with Gasteiger partial charge in [-0.3, -0.25) is 9.59 Å². The number of hydrogen-bond acceptors (Lipinski definition) is 6. The molecule has 1 fully saturated rings. The van der Waals surface area contributed by atoms with Crippen LogP contribution in [0.15, 0.2) is 70.9 Å². The van der Waals surface area contributed by atoms with Gasteiger partial charge in [-0.25, -0.2) is 0 Å². The first-order valence-corrected chi connectivity index (χ1v) is 10.0. The molecule has 0 aliphatic carbocycles. The van der Waals surface area contributed by atoms with Crippen molar-refractivity contribution in [3.63, 3.8) is 0 Å². The highest BCUT2D eigenvalue weighted by atomic mass is 16.5. The monoisotopic (exact) mass is 433 g/mol. The Morgan fingerprint density at radius 2 is 1.81 bits per heavy atom. The van der Waals surface area contributed by atoms with E-state index in [2.05, 4.69) is 0 Å². The van der Waals surface area contributed by atoms with Gasteiger partial charge in [0, 0.05) is 0 Å². The highest BCUT2D eigenvalue weighted by Gasteiger charge is 2.46. The molecule has 1 aromatic heterocycles. The molecule has 164 valence electrons. The van der Waals surface area contributed by atoms with Crippen molar-refractivity contribution in [3.8, 4) is 11.5 Å². The number of hydrogen-bond donors (Lipinski definition) is 1. The number of rotatable bonds is 6. The topological polar surface area (TPSA) is 89.2 Å². The van der Waals surface area contributed by atoms with E-state index in [1.807, 2.05) is 13.0 Å². The molecule has 32 heavy (non-hydrogen) atoms. The molecule has 0 radical (unpaired) electrons. The molecule has 1 unspecified atom stereocenters. The predicted molar refractivity (Wildman–Crippen MR) is 117 cm³/mol. The third-order valence-corrected chi connectivity index (χ3v) is 5.49. The molecule has 1 amide bonds. The summed E-state index contributed by atoms with van der Waals surface area (Å²) in [6.45, 7) is 1.95. The summed E-state index contributed by atoms with van der Waals surface area (Å²) in [6.07, 6.45) is 1.51. The molecule has 3 aromatic rings. The van der Waals surface area contributed by atoms with Crippen LogP contribution in [0.25, 0.3) is 5.76 Å². The van der Waals surface area contributed by atoms with Crippen molar-refractivity contribution in [3.05, 3.63) is 88.9 Å². The second-order valence-electron chi connectivity index (χ2n) is 7.48. The van der Waals surface area contributed by atoms with Crippen molar-refractivity contribution in [1.29, 1.82) is 0 Å². The molecule has 2 aromatic carbocycles. The molecule has 1 N–H and O–H groups in total. The van der Waals surface area contributed by atoms with Gasteiger partial charge in [0.2, 0.25) is 0 Å². The fourth-order valence-corrected chi connectivity index (χ4v) is 3.90. The maximum absolute atomic E-state index is 13.1. The SMILES string of the molecule is COc1ccc(C2/C(=C(\O)c3cc(C)ccc3OC)C(=O)C(=O)N2Cc2ccco2)cc1. The van der Waals surface area contributed by atoms with Crippen LogP contribution < -0.4 is 9.47 Å². The minimum Gasteiger partial charge on any atom is -0.507 e. The van der Waals surface area contributed by atoms with Gasteiger partial charge in [-0.1, -0.05) is 23.8 Å². The molecule has 1 aliphatic heterocycles. The number of carbonyl (C=O) groups is 2. The first-order valence-electron chi connectivity index (χ1n) is 10.0. The van der Waals surface area contributed by atoms with Gasteiger partial charge >= 0.3 is 0 Å². The van der Waals surface area contributed by atoms with E-state index in [-0.39, 0.29) is 17.9 Å². The van der Waals surface area contributed by atoms with Crippen LogP contribution >= 0.6 is 0 Å². The number of ketones is 1. The summed E-state index contributed by atoms with van der Waals surface area (Å²) in [4.78, 5) is 27.6. The maximum atomic E-state index is 13.1. The molecule has 2 heterocycles. The van der Waals surface area contributed by atoms with Crippen LogP contribution in [0.3, 0.4) is 0 Å². The number of ether oxygens (including phenoxy) is 2. The number of methoxy groups -OCH3 is 2. The first kappa shape index (κ1) is 21.2. The third-order valence-electron chi connectivity index (χ3n) is 5.49.